The Hall–Kier alpha value is -3.40. The molecule has 2 saturated heterocycles. The zero-order chi connectivity index (χ0) is 26.1. The second-order valence-corrected chi connectivity index (χ2v) is 10.2. The molecule has 1 aromatic carbocycles. The summed E-state index contributed by atoms with van der Waals surface area (Å²) in [7, 11) is 2.10. The number of nitrogens with zero attached hydrogens (tertiary/aromatic N) is 6. The van der Waals surface area contributed by atoms with Crippen molar-refractivity contribution in [2.45, 2.75) is 44.8 Å². The molecule has 5 rings (SSSR count). The number of ether oxygens (including phenoxy) is 1. The molecule has 0 aliphatic carbocycles. The molecule has 0 spiro atoms. The number of hydrogen-bond acceptors (Lipinski definition) is 8. The van der Waals surface area contributed by atoms with Gasteiger partial charge in [0.1, 0.15) is 29.7 Å². The molecule has 0 bridgehead atoms. The molecule has 0 saturated carbocycles. The maximum atomic E-state index is 14.7. The Morgan fingerprint density at radius 2 is 2.11 bits per heavy atom. The molecule has 1 aromatic heterocycles. The zero-order valence-corrected chi connectivity index (χ0v) is 21.6. The van der Waals surface area contributed by atoms with Gasteiger partial charge in [0.15, 0.2) is 0 Å². The summed E-state index contributed by atoms with van der Waals surface area (Å²) in [5.74, 6) is 0.196. The summed E-state index contributed by atoms with van der Waals surface area (Å²) in [5.41, 5.74) is 1.96. The van der Waals surface area contributed by atoms with Crippen LogP contribution in [0.15, 0.2) is 30.9 Å². The number of amides is 1. The van der Waals surface area contributed by atoms with Crippen LogP contribution in [-0.4, -0.2) is 89.2 Å². The fourth-order valence-corrected chi connectivity index (χ4v) is 5.66. The second kappa shape index (κ2) is 10.5. The molecular weight excluding hydrogens is 475 g/mol. The van der Waals surface area contributed by atoms with Gasteiger partial charge in [-0.2, -0.15) is 9.97 Å². The Balaban J connectivity index is 1.45. The molecule has 4 heterocycles. The highest BCUT2D eigenvalue weighted by Crippen LogP contribution is 2.36. The van der Waals surface area contributed by atoms with Gasteiger partial charge in [-0.1, -0.05) is 12.6 Å². The van der Waals surface area contributed by atoms with Gasteiger partial charge in [0, 0.05) is 43.8 Å². The molecule has 3 aliphatic heterocycles. The van der Waals surface area contributed by atoms with Crippen LogP contribution in [0.5, 0.6) is 11.8 Å². The maximum Gasteiger partial charge on any atom is 0.318 e. The summed E-state index contributed by atoms with van der Waals surface area (Å²) in [6, 6.07) is 5.02. The number of likely N-dealkylation sites (N-methyl/N-ethyl adjacent to an activating group) is 1. The lowest BCUT2D eigenvalue weighted by molar-refractivity contribution is -0.126. The molecule has 198 valence electrons. The van der Waals surface area contributed by atoms with Gasteiger partial charge in [0.2, 0.25) is 5.91 Å². The minimum absolute atomic E-state index is 0.0408. The normalized spacial score (nSPS) is 22.2. The number of phenols is 1. The van der Waals surface area contributed by atoms with Crippen molar-refractivity contribution in [3.63, 3.8) is 0 Å². The highest BCUT2D eigenvalue weighted by molar-refractivity contribution is 5.87. The number of rotatable bonds is 6. The highest BCUT2D eigenvalue weighted by Gasteiger charge is 2.33. The Bertz CT molecular complexity index is 1160. The van der Waals surface area contributed by atoms with E-state index in [-0.39, 0.29) is 23.4 Å². The van der Waals surface area contributed by atoms with E-state index in [0.717, 1.165) is 36.5 Å². The van der Waals surface area contributed by atoms with Crippen molar-refractivity contribution in [2.24, 2.45) is 0 Å². The van der Waals surface area contributed by atoms with Crippen molar-refractivity contribution >= 4 is 17.4 Å². The minimum atomic E-state index is -0.463. The van der Waals surface area contributed by atoms with Gasteiger partial charge in [0.05, 0.1) is 12.2 Å². The van der Waals surface area contributed by atoms with E-state index in [1.54, 1.807) is 4.90 Å². The van der Waals surface area contributed by atoms with Crippen molar-refractivity contribution in [2.75, 3.05) is 56.2 Å². The average Bonchev–Trinajstić information content (AvgIpc) is 3.30. The van der Waals surface area contributed by atoms with Crippen molar-refractivity contribution in [1.82, 2.24) is 19.8 Å². The topological polar surface area (TPSA) is 85.3 Å². The first-order chi connectivity index (χ1) is 17.9. The van der Waals surface area contributed by atoms with Crippen molar-refractivity contribution in [3.8, 4) is 11.8 Å². The molecule has 2 atom stereocenters. The number of carbonyl (C=O) groups excluding carboxylic acids is 1. The smallest absolute Gasteiger partial charge is 0.318 e. The van der Waals surface area contributed by atoms with Gasteiger partial charge in [-0.05, 0) is 58.0 Å². The van der Waals surface area contributed by atoms with E-state index in [9.17, 15) is 14.3 Å². The van der Waals surface area contributed by atoms with Crippen molar-refractivity contribution < 1.29 is 19.0 Å². The molecule has 37 heavy (non-hydrogen) atoms. The average molecular weight is 511 g/mol. The third kappa shape index (κ3) is 5.07. The summed E-state index contributed by atoms with van der Waals surface area (Å²) in [6.45, 7) is 9.89. The van der Waals surface area contributed by atoms with Gasteiger partial charge in [-0.25, -0.2) is 4.39 Å². The van der Waals surface area contributed by atoms with E-state index in [1.807, 2.05) is 4.90 Å². The van der Waals surface area contributed by atoms with Gasteiger partial charge >= 0.3 is 6.01 Å². The first kappa shape index (κ1) is 25.3. The Labute approximate surface area is 217 Å². The molecule has 10 heteroatoms. The Morgan fingerprint density at radius 1 is 1.27 bits per heavy atom. The number of hydrogen-bond donors (Lipinski definition) is 1. The molecule has 9 nitrogen and oxygen atoms in total. The van der Waals surface area contributed by atoms with E-state index in [2.05, 4.69) is 30.4 Å². The molecule has 3 aliphatic rings. The van der Waals surface area contributed by atoms with Crippen LogP contribution in [0.2, 0.25) is 0 Å². The number of aromatic hydroxyl groups is 1. The molecule has 2 aromatic rings. The predicted octanol–water partition coefficient (Wildman–Crippen LogP) is 2.58. The zero-order valence-electron chi connectivity index (χ0n) is 21.6. The van der Waals surface area contributed by atoms with Crippen molar-refractivity contribution in [3.05, 3.63) is 47.9 Å². The number of anilines is 2. The highest BCUT2D eigenvalue weighted by atomic mass is 19.1. The van der Waals surface area contributed by atoms with Gasteiger partial charge in [-0.15, -0.1) is 0 Å². The van der Waals surface area contributed by atoms with Crippen LogP contribution in [0.25, 0.3) is 0 Å². The Kier molecular flexibility index (Phi) is 7.19. The van der Waals surface area contributed by atoms with Crippen LogP contribution in [0.3, 0.4) is 0 Å². The first-order valence-electron chi connectivity index (χ1n) is 13.0. The molecule has 1 amide bonds. The van der Waals surface area contributed by atoms with Crippen LogP contribution in [0, 0.1) is 5.82 Å². The first-order valence-corrected chi connectivity index (χ1v) is 13.0. The maximum absolute atomic E-state index is 14.7. The number of benzene rings is 1. The molecule has 0 unspecified atom stereocenters. The number of piperazine rings is 1. The lowest BCUT2D eigenvalue weighted by atomic mass is 10.0. The number of halogens is 1. The number of aromatic nitrogens is 2. The van der Waals surface area contributed by atoms with E-state index in [0.29, 0.717) is 57.8 Å². The van der Waals surface area contributed by atoms with Crippen LogP contribution in [0.4, 0.5) is 15.9 Å². The SMILES string of the molecule is C=CC(=O)N1CCN(c2nc(OC[C@@H]3CCCN3C)nc3c2CCN(c2c(O)cccc2F)C3)[C@@H](C)C1. The Morgan fingerprint density at radius 3 is 2.81 bits per heavy atom. The monoisotopic (exact) mass is 510 g/mol. The van der Waals surface area contributed by atoms with E-state index >= 15 is 0 Å². The van der Waals surface area contributed by atoms with Gasteiger partial charge in [0.25, 0.3) is 0 Å². The largest absolute Gasteiger partial charge is 0.506 e. The summed E-state index contributed by atoms with van der Waals surface area (Å²) < 4.78 is 20.8. The minimum Gasteiger partial charge on any atom is -0.506 e. The van der Waals surface area contributed by atoms with E-state index < -0.39 is 5.82 Å². The van der Waals surface area contributed by atoms with Crippen LogP contribution in [-0.2, 0) is 17.8 Å². The number of carbonyl (C=O) groups is 1. The van der Waals surface area contributed by atoms with E-state index in [4.69, 9.17) is 14.7 Å². The fraction of sp³-hybridized carbons (Fsp3) is 0.519. The van der Waals surface area contributed by atoms with Crippen LogP contribution in [0.1, 0.15) is 31.0 Å². The number of likely N-dealkylation sites (tertiary alicyclic amines) is 1. The third-order valence-corrected chi connectivity index (χ3v) is 7.77. The molecule has 1 N–H and O–H groups in total. The lowest BCUT2D eigenvalue weighted by Gasteiger charge is -2.42. The molecular formula is C27H35FN6O3. The van der Waals surface area contributed by atoms with E-state index in [1.165, 1.54) is 24.3 Å². The van der Waals surface area contributed by atoms with Crippen molar-refractivity contribution in [1.29, 1.82) is 0 Å². The molecule has 0 radical (unpaired) electrons. The van der Waals surface area contributed by atoms with Gasteiger partial charge < -0.3 is 29.4 Å². The molecule has 2 fully saturated rings. The third-order valence-electron chi connectivity index (χ3n) is 7.77. The summed E-state index contributed by atoms with van der Waals surface area (Å²) in [4.78, 5) is 30.0. The van der Waals surface area contributed by atoms with Gasteiger partial charge in [-0.3, -0.25) is 4.79 Å². The quantitative estimate of drug-likeness (QED) is 0.594. The second-order valence-electron chi connectivity index (χ2n) is 10.2. The number of fused-ring (bicyclic) bond motifs is 1. The van der Waals surface area contributed by atoms with Crippen LogP contribution < -0.4 is 14.5 Å². The summed E-state index contributed by atoms with van der Waals surface area (Å²) in [6.07, 6.45) is 4.17. The number of para-hydroxylation sites is 1. The fourth-order valence-electron chi connectivity index (χ4n) is 5.66. The summed E-state index contributed by atoms with van der Waals surface area (Å²) >= 11 is 0. The van der Waals surface area contributed by atoms with Crippen LogP contribution >= 0.6 is 0 Å². The lowest BCUT2D eigenvalue weighted by Crippen LogP contribution is -2.54. The standard InChI is InChI=1S/C27H35FN6O3/c1-4-24(36)32-13-14-34(18(2)15-32)26-20-10-12-33(25-21(28)8-5-9-23(25)35)16-22(20)29-27(30-26)37-17-19-7-6-11-31(19)3/h4-5,8-9,18-19,35H,1,6-7,10-17H2,2-3H3/t18-,19-/m0/s1. The number of phenolic OH excluding ortho intramolecular Hbond substituents is 1. The predicted molar refractivity (Wildman–Crippen MR) is 140 cm³/mol. The summed E-state index contributed by atoms with van der Waals surface area (Å²) in [5, 5.41) is 10.4.